The van der Waals surface area contributed by atoms with E-state index in [9.17, 15) is 0 Å². The van der Waals surface area contributed by atoms with Crippen LogP contribution < -0.4 is 15.5 Å². The molecule has 0 aliphatic carbocycles. The van der Waals surface area contributed by atoms with Crippen molar-refractivity contribution in [2.75, 3.05) is 49.5 Å². The van der Waals surface area contributed by atoms with Crippen molar-refractivity contribution in [1.82, 2.24) is 15.2 Å². The van der Waals surface area contributed by atoms with Gasteiger partial charge in [-0.05, 0) is 81.3 Å². The molecule has 0 saturated carbocycles. The second kappa shape index (κ2) is 10.0. The summed E-state index contributed by atoms with van der Waals surface area (Å²) in [7, 11) is 0. The number of rotatable bonds is 7. The number of benzene rings is 1. The highest BCUT2D eigenvalue weighted by Crippen LogP contribution is 2.26. The molecule has 152 valence electrons. The molecule has 1 aromatic carbocycles. The maximum Gasteiger partial charge on any atom is 0.170 e. The highest BCUT2D eigenvalue weighted by atomic mass is 32.1. The van der Waals surface area contributed by atoms with Crippen molar-refractivity contribution in [3.05, 3.63) is 29.8 Å². The van der Waals surface area contributed by atoms with E-state index in [1.165, 1.54) is 30.2 Å². The summed E-state index contributed by atoms with van der Waals surface area (Å²) in [6.45, 7) is 12.7. The summed E-state index contributed by atoms with van der Waals surface area (Å²) in [6, 6.07) is 8.53. The summed E-state index contributed by atoms with van der Waals surface area (Å²) < 4.78 is 0. The lowest BCUT2D eigenvalue weighted by atomic mass is 10.1. The monoisotopic (exact) mass is 399 g/mol. The molecule has 3 rings (SSSR count). The van der Waals surface area contributed by atoms with Crippen molar-refractivity contribution in [2.45, 2.75) is 40.0 Å². The van der Waals surface area contributed by atoms with E-state index in [2.05, 4.69) is 65.5 Å². The number of likely N-dealkylation sites (N-methyl/N-ethyl adjacent to an activating group) is 1. The van der Waals surface area contributed by atoms with E-state index >= 15 is 0 Å². The van der Waals surface area contributed by atoms with Crippen molar-refractivity contribution < 1.29 is 0 Å². The Bertz CT molecular complexity index is 797. The normalized spacial score (nSPS) is 14.5. The van der Waals surface area contributed by atoms with Gasteiger partial charge >= 0.3 is 0 Å². The molecule has 28 heavy (non-hydrogen) atoms. The van der Waals surface area contributed by atoms with Crippen LogP contribution in [0.3, 0.4) is 0 Å². The molecule has 0 unspecified atom stereocenters. The first-order valence-electron chi connectivity index (χ1n) is 10.5. The highest BCUT2D eigenvalue weighted by Gasteiger charge is 2.14. The largest absolute Gasteiger partial charge is 0.361 e. The molecule has 0 spiro atoms. The second-order valence-electron chi connectivity index (χ2n) is 7.48. The van der Waals surface area contributed by atoms with E-state index in [1.54, 1.807) is 0 Å². The quantitative estimate of drug-likeness (QED) is 0.682. The minimum absolute atomic E-state index is 0.669. The molecule has 0 bridgehead atoms. The molecular weight excluding hydrogens is 366 g/mol. The Kier molecular flexibility index (Phi) is 7.45. The van der Waals surface area contributed by atoms with Crippen LogP contribution in [0.25, 0.3) is 10.9 Å². The number of pyridine rings is 1. The molecule has 2 aromatic rings. The summed E-state index contributed by atoms with van der Waals surface area (Å²) in [5.74, 6) is 1.11. The van der Waals surface area contributed by atoms with Gasteiger partial charge in [0.1, 0.15) is 5.82 Å². The van der Waals surface area contributed by atoms with Crippen molar-refractivity contribution >= 4 is 39.7 Å². The molecular formula is C22H33N5S. The molecule has 2 heterocycles. The summed E-state index contributed by atoms with van der Waals surface area (Å²) in [6.07, 6.45) is 3.86. The highest BCUT2D eigenvalue weighted by molar-refractivity contribution is 7.80. The number of piperidine rings is 1. The van der Waals surface area contributed by atoms with Gasteiger partial charge in [0.25, 0.3) is 0 Å². The first kappa shape index (κ1) is 20.8. The van der Waals surface area contributed by atoms with Gasteiger partial charge in [0, 0.05) is 37.3 Å². The zero-order valence-corrected chi connectivity index (χ0v) is 18.2. The standard InChI is InChI=1S/C22H33N5S/c1-4-26(5-2)14-11-23-22(28)24-18-9-10-20-19(16-18)17(3)15-21(25-20)27-12-7-6-8-13-27/h9-10,15-16H,4-8,11-14H2,1-3H3,(H2,23,24,28). The van der Waals surface area contributed by atoms with Crippen LogP contribution in [0.4, 0.5) is 11.5 Å². The third-order valence-electron chi connectivity index (χ3n) is 5.55. The lowest BCUT2D eigenvalue weighted by Crippen LogP contribution is -2.36. The van der Waals surface area contributed by atoms with E-state index in [-0.39, 0.29) is 0 Å². The Balaban J connectivity index is 1.65. The SMILES string of the molecule is CCN(CC)CCNC(=S)Nc1ccc2nc(N3CCCCC3)cc(C)c2c1. The number of nitrogens with one attached hydrogen (secondary N) is 2. The Hall–Kier alpha value is -1.92. The van der Waals surface area contributed by atoms with Gasteiger partial charge in [-0.3, -0.25) is 0 Å². The third-order valence-corrected chi connectivity index (χ3v) is 5.79. The van der Waals surface area contributed by atoms with Crippen molar-refractivity contribution in [3.8, 4) is 0 Å². The van der Waals surface area contributed by atoms with Crippen LogP contribution in [0.15, 0.2) is 24.3 Å². The van der Waals surface area contributed by atoms with Gasteiger partial charge in [-0.25, -0.2) is 4.98 Å². The molecule has 0 radical (unpaired) electrons. The first-order chi connectivity index (χ1) is 13.6. The van der Waals surface area contributed by atoms with Gasteiger partial charge in [-0.2, -0.15) is 0 Å². The number of fused-ring (bicyclic) bond motifs is 1. The van der Waals surface area contributed by atoms with Crippen LogP contribution in [0.1, 0.15) is 38.7 Å². The lowest BCUT2D eigenvalue weighted by Gasteiger charge is -2.28. The number of aryl methyl sites for hydroxylation is 1. The zero-order valence-electron chi connectivity index (χ0n) is 17.4. The van der Waals surface area contributed by atoms with Crippen LogP contribution in [0, 0.1) is 6.92 Å². The summed E-state index contributed by atoms with van der Waals surface area (Å²) in [5.41, 5.74) is 3.31. The van der Waals surface area contributed by atoms with Crippen molar-refractivity contribution in [3.63, 3.8) is 0 Å². The fraction of sp³-hybridized carbons (Fsp3) is 0.545. The topological polar surface area (TPSA) is 43.4 Å². The van der Waals surface area contributed by atoms with E-state index < -0.39 is 0 Å². The fourth-order valence-corrected chi connectivity index (χ4v) is 4.00. The molecule has 2 N–H and O–H groups in total. The molecule has 5 nitrogen and oxygen atoms in total. The Labute approximate surface area is 174 Å². The van der Waals surface area contributed by atoms with E-state index in [4.69, 9.17) is 17.2 Å². The summed E-state index contributed by atoms with van der Waals surface area (Å²) in [5, 5.41) is 8.46. The van der Waals surface area contributed by atoms with Gasteiger partial charge in [-0.1, -0.05) is 13.8 Å². The summed E-state index contributed by atoms with van der Waals surface area (Å²) >= 11 is 5.46. The lowest BCUT2D eigenvalue weighted by molar-refractivity contribution is 0.308. The van der Waals surface area contributed by atoms with Gasteiger partial charge in [0.2, 0.25) is 0 Å². The summed E-state index contributed by atoms with van der Waals surface area (Å²) in [4.78, 5) is 9.70. The van der Waals surface area contributed by atoms with Crippen LogP contribution in [-0.2, 0) is 0 Å². The number of anilines is 2. The minimum Gasteiger partial charge on any atom is -0.361 e. The number of hydrogen-bond donors (Lipinski definition) is 2. The Morgan fingerprint density at radius 2 is 1.89 bits per heavy atom. The zero-order chi connectivity index (χ0) is 19.9. The Morgan fingerprint density at radius 3 is 2.61 bits per heavy atom. The maximum atomic E-state index is 5.46. The van der Waals surface area contributed by atoms with Gasteiger partial charge < -0.3 is 20.4 Å². The predicted octanol–water partition coefficient (Wildman–Crippen LogP) is 4.16. The average Bonchev–Trinajstić information content (AvgIpc) is 2.72. The third kappa shape index (κ3) is 5.32. The number of hydrogen-bond acceptors (Lipinski definition) is 4. The molecule has 1 aromatic heterocycles. The molecule has 0 atom stereocenters. The maximum absolute atomic E-state index is 5.46. The van der Waals surface area contributed by atoms with Crippen LogP contribution >= 0.6 is 12.2 Å². The van der Waals surface area contributed by atoms with Crippen LogP contribution in [0.5, 0.6) is 0 Å². The molecule has 1 fully saturated rings. The fourth-order valence-electron chi connectivity index (χ4n) is 3.78. The van der Waals surface area contributed by atoms with Crippen molar-refractivity contribution in [1.29, 1.82) is 0 Å². The molecule has 0 amide bonds. The number of thiocarbonyl (C=S) groups is 1. The first-order valence-corrected chi connectivity index (χ1v) is 10.9. The van der Waals surface area contributed by atoms with E-state index in [0.717, 1.165) is 56.3 Å². The molecule has 1 aliphatic heterocycles. The van der Waals surface area contributed by atoms with E-state index in [1.807, 2.05) is 0 Å². The average molecular weight is 400 g/mol. The second-order valence-corrected chi connectivity index (χ2v) is 7.89. The predicted molar refractivity (Wildman–Crippen MR) is 125 cm³/mol. The van der Waals surface area contributed by atoms with Crippen LogP contribution in [0.2, 0.25) is 0 Å². The van der Waals surface area contributed by atoms with Gasteiger partial charge in [0.15, 0.2) is 5.11 Å². The Morgan fingerprint density at radius 1 is 1.14 bits per heavy atom. The van der Waals surface area contributed by atoms with Crippen LogP contribution in [-0.4, -0.2) is 54.3 Å². The molecule has 1 aliphatic rings. The molecule has 6 heteroatoms. The van der Waals surface area contributed by atoms with Gasteiger partial charge in [0.05, 0.1) is 5.52 Å². The smallest absolute Gasteiger partial charge is 0.170 e. The number of aromatic nitrogens is 1. The van der Waals surface area contributed by atoms with Crippen molar-refractivity contribution in [2.24, 2.45) is 0 Å². The molecule has 1 saturated heterocycles. The van der Waals surface area contributed by atoms with E-state index in [0.29, 0.717) is 5.11 Å². The van der Waals surface area contributed by atoms with Gasteiger partial charge in [-0.15, -0.1) is 0 Å². The minimum atomic E-state index is 0.669. The number of nitrogens with zero attached hydrogens (tertiary/aromatic N) is 3.